The Balaban J connectivity index is 2.62. The van der Waals surface area contributed by atoms with Crippen molar-refractivity contribution < 1.29 is 23.4 Å². The van der Waals surface area contributed by atoms with E-state index in [1.807, 2.05) is 6.07 Å². The van der Waals surface area contributed by atoms with Gasteiger partial charge in [0, 0.05) is 5.57 Å². The van der Waals surface area contributed by atoms with Crippen LogP contribution in [0.1, 0.15) is 18.1 Å². The number of esters is 1. The van der Waals surface area contributed by atoms with Crippen LogP contribution >= 0.6 is 0 Å². The molecular formula is C22H20FNO4. The quantitative estimate of drug-likeness (QED) is 0.308. The third-order valence-electron chi connectivity index (χ3n) is 3.85. The highest BCUT2D eigenvalue weighted by Crippen LogP contribution is 2.32. The van der Waals surface area contributed by atoms with Crippen LogP contribution in [0.25, 0.3) is 11.6 Å². The predicted octanol–water partition coefficient (Wildman–Crippen LogP) is 4.40. The summed E-state index contributed by atoms with van der Waals surface area (Å²) < 4.78 is 29.0. The van der Waals surface area contributed by atoms with Gasteiger partial charge in [-0.1, -0.05) is 30.4 Å². The number of halogens is 1. The fourth-order valence-electron chi connectivity index (χ4n) is 2.54. The van der Waals surface area contributed by atoms with E-state index in [4.69, 9.17) is 14.2 Å². The van der Waals surface area contributed by atoms with Crippen molar-refractivity contribution in [3.05, 3.63) is 71.1 Å². The van der Waals surface area contributed by atoms with Crippen molar-refractivity contribution in [2.45, 2.75) is 6.92 Å². The lowest BCUT2D eigenvalue weighted by atomic mass is 9.98. The molecule has 5 nitrogen and oxygen atoms in total. The summed E-state index contributed by atoms with van der Waals surface area (Å²) >= 11 is 0. The van der Waals surface area contributed by atoms with Gasteiger partial charge in [0.05, 0.1) is 20.8 Å². The maximum Gasteiger partial charge on any atom is 0.349 e. The minimum atomic E-state index is -0.737. The van der Waals surface area contributed by atoms with Crippen LogP contribution in [-0.4, -0.2) is 26.8 Å². The Bertz CT molecular complexity index is 957. The van der Waals surface area contributed by atoms with E-state index in [0.717, 1.165) is 0 Å². The van der Waals surface area contributed by atoms with E-state index < -0.39 is 5.97 Å². The molecule has 0 aliphatic carbocycles. The molecule has 2 aromatic rings. The molecule has 0 aliphatic rings. The third-order valence-corrected chi connectivity index (χ3v) is 3.85. The number of hydrogen-bond acceptors (Lipinski definition) is 5. The lowest BCUT2D eigenvalue weighted by Crippen LogP contribution is -2.08. The summed E-state index contributed by atoms with van der Waals surface area (Å²) in [5.41, 5.74) is 1.29. The first-order valence-electron chi connectivity index (χ1n) is 8.51. The molecule has 0 fully saturated rings. The first-order chi connectivity index (χ1) is 13.5. The third kappa shape index (κ3) is 4.98. The first kappa shape index (κ1) is 20.7. The van der Waals surface area contributed by atoms with E-state index in [0.29, 0.717) is 28.2 Å². The van der Waals surface area contributed by atoms with Crippen LogP contribution in [0.15, 0.2) is 54.1 Å². The van der Waals surface area contributed by atoms with Crippen LogP contribution in [-0.2, 0) is 9.53 Å². The van der Waals surface area contributed by atoms with Gasteiger partial charge in [-0.15, -0.1) is 0 Å². The molecular weight excluding hydrogens is 361 g/mol. The molecule has 0 atom stereocenters. The number of methoxy groups -OCH3 is 2. The number of ether oxygens (including phenoxy) is 3. The number of rotatable bonds is 7. The van der Waals surface area contributed by atoms with Gasteiger partial charge in [-0.2, -0.15) is 5.26 Å². The fourth-order valence-corrected chi connectivity index (χ4v) is 2.54. The molecule has 0 unspecified atom stereocenters. The van der Waals surface area contributed by atoms with Crippen LogP contribution in [0.5, 0.6) is 11.5 Å². The molecule has 0 saturated heterocycles. The molecule has 0 spiro atoms. The lowest BCUT2D eigenvalue weighted by Gasteiger charge is -2.12. The summed E-state index contributed by atoms with van der Waals surface area (Å²) in [7, 11) is 3.00. The maximum absolute atomic E-state index is 13.4. The monoisotopic (exact) mass is 381 g/mol. The molecule has 2 rings (SSSR count). The first-order valence-corrected chi connectivity index (χ1v) is 8.51. The summed E-state index contributed by atoms with van der Waals surface area (Å²) in [4.78, 5) is 12.3. The Hall–Kier alpha value is -3.59. The number of carbonyl (C=O) groups is 1. The average Bonchev–Trinajstić information content (AvgIpc) is 2.70. The SMILES string of the molecule is CCOC(=O)/C(C#N)=C(/C=C/c1cccc(F)c1)c1ccc(OC)c(OC)c1. The fraction of sp³-hybridized carbons (Fsp3) is 0.182. The average molecular weight is 381 g/mol. The Labute approximate surface area is 163 Å². The Morgan fingerprint density at radius 1 is 1.14 bits per heavy atom. The Morgan fingerprint density at radius 3 is 2.50 bits per heavy atom. The van der Waals surface area contributed by atoms with E-state index in [-0.39, 0.29) is 18.0 Å². The molecule has 0 aromatic heterocycles. The van der Waals surface area contributed by atoms with Gasteiger partial charge in [-0.3, -0.25) is 0 Å². The molecule has 0 bridgehead atoms. The summed E-state index contributed by atoms with van der Waals surface area (Å²) in [6, 6.07) is 12.9. The van der Waals surface area contributed by atoms with Crippen molar-refractivity contribution in [2.24, 2.45) is 0 Å². The zero-order valence-corrected chi connectivity index (χ0v) is 15.9. The standard InChI is InChI=1S/C22H20FNO4/c1-4-28-22(25)19(14-24)18(10-8-15-6-5-7-17(23)12-15)16-9-11-20(26-2)21(13-16)27-3/h5-13H,4H2,1-3H3/b10-8+,19-18-. The topological polar surface area (TPSA) is 68.6 Å². The lowest BCUT2D eigenvalue weighted by molar-refractivity contribution is -0.137. The zero-order chi connectivity index (χ0) is 20.5. The van der Waals surface area contributed by atoms with Crippen molar-refractivity contribution in [1.82, 2.24) is 0 Å². The van der Waals surface area contributed by atoms with Crippen molar-refractivity contribution in [1.29, 1.82) is 5.26 Å². The summed E-state index contributed by atoms with van der Waals surface area (Å²) in [5, 5.41) is 9.56. The number of allylic oxidation sites excluding steroid dienone is 2. The Kier molecular flexibility index (Phi) is 7.35. The number of nitriles is 1. The second-order valence-corrected chi connectivity index (χ2v) is 5.58. The van der Waals surface area contributed by atoms with Gasteiger partial charge >= 0.3 is 5.97 Å². The smallest absolute Gasteiger partial charge is 0.349 e. The number of nitrogens with zero attached hydrogens (tertiary/aromatic N) is 1. The van der Waals surface area contributed by atoms with Crippen molar-refractivity contribution in [3.8, 4) is 17.6 Å². The van der Waals surface area contributed by atoms with Crippen LogP contribution in [0, 0.1) is 17.1 Å². The molecule has 0 heterocycles. The van der Waals surface area contributed by atoms with Crippen molar-refractivity contribution in [2.75, 3.05) is 20.8 Å². The van der Waals surface area contributed by atoms with Gasteiger partial charge in [-0.25, -0.2) is 9.18 Å². The van der Waals surface area contributed by atoms with Crippen LogP contribution in [0.4, 0.5) is 4.39 Å². The maximum atomic E-state index is 13.4. The molecule has 28 heavy (non-hydrogen) atoms. The molecule has 0 aliphatic heterocycles. The summed E-state index contributed by atoms with van der Waals surface area (Å²) in [6.45, 7) is 1.79. The Morgan fingerprint density at radius 2 is 1.89 bits per heavy atom. The van der Waals surface area contributed by atoms with E-state index in [1.165, 1.54) is 26.4 Å². The van der Waals surface area contributed by atoms with Gasteiger partial charge in [0.2, 0.25) is 0 Å². The van der Waals surface area contributed by atoms with Gasteiger partial charge in [0.15, 0.2) is 11.5 Å². The second-order valence-electron chi connectivity index (χ2n) is 5.58. The zero-order valence-electron chi connectivity index (χ0n) is 15.9. The van der Waals surface area contributed by atoms with E-state index in [2.05, 4.69) is 0 Å². The van der Waals surface area contributed by atoms with Crippen LogP contribution in [0.2, 0.25) is 0 Å². The minimum Gasteiger partial charge on any atom is -0.493 e. The van der Waals surface area contributed by atoms with Crippen molar-refractivity contribution in [3.63, 3.8) is 0 Å². The highest BCUT2D eigenvalue weighted by Gasteiger charge is 2.18. The van der Waals surface area contributed by atoms with Gasteiger partial charge in [0.1, 0.15) is 17.5 Å². The summed E-state index contributed by atoms with van der Waals surface area (Å²) in [6.07, 6.45) is 3.19. The summed E-state index contributed by atoms with van der Waals surface area (Å²) in [5.74, 6) is -0.171. The number of carbonyl (C=O) groups excluding carboxylic acids is 1. The van der Waals surface area contributed by atoms with Crippen LogP contribution in [0.3, 0.4) is 0 Å². The second kappa shape index (κ2) is 9.93. The molecule has 0 radical (unpaired) electrons. The van der Waals surface area contributed by atoms with Gasteiger partial charge < -0.3 is 14.2 Å². The van der Waals surface area contributed by atoms with E-state index in [1.54, 1.807) is 49.4 Å². The highest BCUT2D eigenvalue weighted by atomic mass is 19.1. The molecule has 144 valence electrons. The minimum absolute atomic E-state index is 0.136. The molecule has 0 amide bonds. The normalized spacial score (nSPS) is 11.5. The van der Waals surface area contributed by atoms with Gasteiger partial charge in [0.25, 0.3) is 0 Å². The van der Waals surface area contributed by atoms with Gasteiger partial charge in [-0.05, 0) is 42.3 Å². The molecule has 0 saturated carbocycles. The highest BCUT2D eigenvalue weighted by molar-refractivity contribution is 6.04. The number of benzene rings is 2. The number of hydrogen-bond donors (Lipinski definition) is 0. The van der Waals surface area contributed by atoms with E-state index >= 15 is 0 Å². The van der Waals surface area contributed by atoms with Crippen molar-refractivity contribution >= 4 is 17.6 Å². The molecule has 2 aromatic carbocycles. The predicted molar refractivity (Wildman–Crippen MR) is 104 cm³/mol. The van der Waals surface area contributed by atoms with E-state index in [9.17, 15) is 14.4 Å². The largest absolute Gasteiger partial charge is 0.493 e. The molecule has 0 N–H and O–H groups in total. The van der Waals surface area contributed by atoms with Crippen LogP contribution < -0.4 is 9.47 Å². The molecule has 6 heteroatoms.